The molecule has 1 N–H and O–H groups in total. The normalized spacial score (nSPS) is 11.3. The van der Waals surface area contributed by atoms with Crippen LogP contribution in [0, 0.1) is 6.92 Å². The first-order valence-electron chi connectivity index (χ1n) is 11.4. The van der Waals surface area contributed by atoms with E-state index in [0.717, 1.165) is 38.5 Å². The minimum Gasteiger partial charge on any atom is -0.497 e. The van der Waals surface area contributed by atoms with E-state index in [-0.39, 0.29) is 19.7 Å². The first kappa shape index (κ1) is 25.6. The average Bonchev–Trinajstić information content (AvgIpc) is 3.48. The molecule has 0 fully saturated rings. The summed E-state index contributed by atoms with van der Waals surface area (Å²) in [7, 11) is 1.63. The van der Waals surface area contributed by atoms with Crippen LogP contribution in [0.3, 0.4) is 0 Å². The number of fused-ring (bicyclic) bond motifs is 3. The Hall–Kier alpha value is -3.53. The SMILES string of the molecule is C.COc1ccc(Cn2c(=O)n3ncnc3c3c(C)c(CN(CCO)Cc4ccccc4)sc32)cc1. The Morgan fingerprint density at radius 2 is 1.81 bits per heavy atom. The number of methoxy groups -OCH3 is 1. The zero-order valence-corrected chi connectivity index (χ0v) is 20.5. The van der Waals surface area contributed by atoms with Gasteiger partial charge in [0.05, 0.1) is 25.6 Å². The molecule has 0 bridgehead atoms. The molecule has 0 amide bonds. The van der Waals surface area contributed by atoms with Crippen LogP contribution in [0.2, 0.25) is 0 Å². The number of hydrogen-bond acceptors (Lipinski definition) is 7. The Bertz CT molecular complexity index is 1510. The molecule has 5 rings (SSSR count). The Kier molecular flexibility index (Phi) is 7.83. The van der Waals surface area contributed by atoms with Crippen LogP contribution in [-0.2, 0) is 19.6 Å². The maximum atomic E-state index is 13.4. The average molecular weight is 506 g/mol. The molecule has 8 nitrogen and oxygen atoms in total. The monoisotopic (exact) mass is 505 g/mol. The second kappa shape index (κ2) is 11.0. The fourth-order valence-electron chi connectivity index (χ4n) is 4.35. The van der Waals surface area contributed by atoms with Crippen LogP contribution in [0.5, 0.6) is 5.75 Å². The highest BCUT2D eigenvalue weighted by atomic mass is 32.1. The van der Waals surface area contributed by atoms with Gasteiger partial charge in [-0.05, 0) is 35.7 Å². The fraction of sp³-hybridized carbons (Fsp3) is 0.296. The van der Waals surface area contributed by atoms with Crippen molar-refractivity contribution in [3.05, 3.63) is 93.0 Å². The molecule has 0 aliphatic heterocycles. The second-order valence-electron chi connectivity index (χ2n) is 8.46. The number of hydrogen-bond donors (Lipinski definition) is 1. The summed E-state index contributed by atoms with van der Waals surface area (Å²) in [5.41, 5.74) is 3.63. The molecule has 188 valence electrons. The summed E-state index contributed by atoms with van der Waals surface area (Å²) in [6.07, 6.45) is 1.43. The maximum absolute atomic E-state index is 13.4. The number of thiophene rings is 1. The molecule has 9 heteroatoms. The van der Waals surface area contributed by atoms with Crippen molar-refractivity contribution in [2.45, 2.75) is 34.0 Å². The van der Waals surface area contributed by atoms with E-state index in [1.165, 1.54) is 16.4 Å². The third-order valence-corrected chi connectivity index (χ3v) is 7.49. The summed E-state index contributed by atoms with van der Waals surface area (Å²) in [5, 5.41) is 14.8. The predicted molar refractivity (Wildman–Crippen MR) is 144 cm³/mol. The lowest BCUT2D eigenvalue weighted by atomic mass is 10.1. The van der Waals surface area contributed by atoms with Gasteiger partial charge < -0.3 is 9.84 Å². The highest BCUT2D eigenvalue weighted by molar-refractivity contribution is 7.19. The standard InChI is InChI=1S/C26H27N5O3S.CH4/c1-18-22(16-29(12-13-32)14-19-6-4-3-5-7-19)35-25-23(18)24-27-17-28-31(24)26(33)30(25)15-20-8-10-21(34-2)11-9-20;/h3-11,17,32H,12-16H2,1-2H3;1H4. The van der Waals surface area contributed by atoms with Crippen LogP contribution in [0.1, 0.15) is 29.0 Å². The Morgan fingerprint density at radius 1 is 1.06 bits per heavy atom. The largest absolute Gasteiger partial charge is 0.497 e. The molecule has 0 saturated heterocycles. The van der Waals surface area contributed by atoms with Crippen molar-refractivity contribution in [2.24, 2.45) is 0 Å². The van der Waals surface area contributed by atoms with Gasteiger partial charge in [0.2, 0.25) is 0 Å². The van der Waals surface area contributed by atoms with Crippen LogP contribution in [-0.4, -0.2) is 49.4 Å². The molecule has 0 atom stereocenters. The van der Waals surface area contributed by atoms with Crippen molar-refractivity contribution in [1.82, 2.24) is 24.1 Å². The highest BCUT2D eigenvalue weighted by Gasteiger charge is 2.21. The van der Waals surface area contributed by atoms with Crippen LogP contribution in [0.25, 0.3) is 15.9 Å². The zero-order chi connectivity index (χ0) is 24.4. The lowest BCUT2D eigenvalue weighted by molar-refractivity contribution is 0.185. The van der Waals surface area contributed by atoms with E-state index in [1.54, 1.807) is 23.0 Å². The molecule has 0 radical (unpaired) electrons. The first-order chi connectivity index (χ1) is 17.1. The van der Waals surface area contributed by atoms with Crippen molar-refractivity contribution in [3.8, 4) is 5.75 Å². The number of rotatable bonds is 9. The molecule has 3 aromatic heterocycles. The first-order valence-corrected chi connectivity index (χ1v) is 12.2. The van der Waals surface area contributed by atoms with E-state index >= 15 is 0 Å². The summed E-state index contributed by atoms with van der Waals surface area (Å²) >= 11 is 1.61. The van der Waals surface area contributed by atoms with Crippen molar-refractivity contribution in [3.63, 3.8) is 0 Å². The number of benzene rings is 2. The predicted octanol–water partition coefficient (Wildman–Crippen LogP) is 4.10. The van der Waals surface area contributed by atoms with E-state index in [2.05, 4.69) is 34.0 Å². The van der Waals surface area contributed by atoms with E-state index in [4.69, 9.17) is 4.74 Å². The minimum absolute atomic E-state index is 0. The molecular weight excluding hydrogens is 474 g/mol. The van der Waals surface area contributed by atoms with Gasteiger partial charge in [-0.25, -0.2) is 9.78 Å². The van der Waals surface area contributed by atoms with E-state index < -0.39 is 0 Å². The summed E-state index contributed by atoms with van der Waals surface area (Å²) in [4.78, 5) is 22.0. The maximum Gasteiger partial charge on any atom is 0.352 e. The Balaban J connectivity index is 0.00000304. The van der Waals surface area contributed by atoms with Gasteiger partial charge in [0.15, 0.2) is 5.65 Å². The van der Waals surface area contributed by atoms with Crippen molar-refractivity contribution in [1.29, 1.82) is 0 Å². The molecule has 3 heterocycles. The topological polar surface area (TPSA) is 84.9 Å². The lowest BCUT2D eigenvalue weighted by Crippen LogP contribution is -2.27. The van der Waals surface area contributed by atoms with Crippen molar-refractivity contribution in [2.75, 3.05) is 20.3 Å². The summed E-state index contributed by atoms with van der Waals surface area (Å²) in [6, 6.07) is 18.0. The molecule has 0 saturated carbocycles. The number of aromatic nitrogens is 4. The van der Waals surface area contributed by atoms with Crippen LogP contribution < -0.4 is 10.4 Å². The molecule has 5 aromatic rings. The van der Waals surface area contributed by atoms with Gasteiger partial charge in [-0.1, -0.05) is 49.9 Å². The van der Waals surface area contributed by atoms with Gasteiger partial charge in [-0.3, -0.25) is 9.47 Å². The van der Waals surface area contributed by atoms with Gasteiger partial charge in [0.1, 0.15) is 16.9 Å². The lowest BCUT2D eigenvalue weighted by Gasteiger charge is -2.21. The summed E-state index contributed by atoms with van der Waals surface area (Å²) < 4.78 is 8.42. The van der Waals surface area contributed by atoms with Gasteiger partial charge >= 0.3 is 5.69 Å². The van der Waals surface area contributed by atoms with E-state index in [9.17, 15) is 9.90 Å². The quantitative estimate of drug-likeness (QED) is 0.325. The third-order valence-electron chi connectivity index (χ3n) is 6.19. The summed E-state index contributed by atoms with van der Waals surface area (Å²) in [6.45, 7) is 4.52. The van der Waals surface area contributed by atoms with Crippen LogP contribution in [0.4, 0.5) is 0 Å². The zero-order valence-electron chi connectivity index (χ0n) is 19.7. The van der Waals surface area contributed by atoms with Crippen LogP contribution >= 0.6 is 11.3 Å². The molecule has 36 heavy (non-hydrogen) atoms. The Morgan fingerprint density at radius 3 is 2.50 bits per heavy atom. The Labute approximate surface area is 214 Å². The molecule has 0 aliphatic rings. The van der Waals surface area contributed by atoms with Crippen LogP contribution in [0.15, 0.2) is 65.7 Å². The third kappa shape index (κ3) is 4.90. The van der Waals surface area contributed by atoms with E-state index in [0.29, 0.717) is 25.3 Å². The minimum atomic E-state index is -0.217. The number of aliphatic hydroxyl groups is 1. The van der Waals surface area contributed by atoms with Gasteiger partial charge in [-0.2, -0.15) is 9.61 Å². The highest BCUT2D eigenvalue weighted by Crippen LogP contribution is 2.33. The second-order valence-corrected chi connectivity index (χ2v) is 9.55. The summed E-state index contributed by atoms with van der Waals surface area (Å²) in [5.74, 6) is 0.773. The molecular formula is C27H31N5O3S. The molecule has 0 aliphatic carbocycles. The molecule has 0 unspecified atom stereocenters. The number of ether oxygens (including phenoxy) is 1. The fourth-order valence-corrected chi connectivity index (χ4v) is 5.69. The number of nitrogens with zero attached hydrogens (tertiary/aromatic N) is 5. The van der Waals surface area contributed by atoms with Gasteiger partial charge in [-0.15, -0.1) is 11.3 Å². The van der Waals surface area contributed by atoms with Gasteiger partial charge in [0.25, 0.3) is 0 Å². The number of aryl methyl sites for hydroxylation is 1. The smallest absolute Gasteiger partial charge is 0.352 e. The van der Waals surface area contributed by atoms with Crippen molar-refractivity contribution >= 4 is 27.2 Å². The van der Waals surface area contributed by atoms with Gasteiger partial charge in [0, 0.05) is 24.5 Å². The molecule has 2 aromatic carbocycles. The van der Waals surface area contributed by atoms with Crippen molar-refractivity contribution < 1.29 is 9.84 Å². The molecule has 0 spiro atoms. The van der Waals surface area contributed by atoms with E-state index in [1.807, 2.05) is 42.5 Å². The number of aliphatic hydroxyl groups excluding tert-OH is 1.